The average molecular weight is 407 g/mol. The second-order valence-corrected chi connectivity index (χ2v) is 9.55. The fourth-order valence-corrected chi connectivity index (χ4v) is 5.51. The van der Waals surface area contributed by atoms with Crippen LogP contribution in [0.3, 0.4) is 0 Å². The molecule has 144 valence electrons. The number of fused-ring (bicyclic) bond motifs is 1. The van der Waals surface area contributed by atoms with E-state index in [4.69, 9.17) is 4.74 Å². The molecule has 3 rings (SSSR count). The highest BCUT2D eigenvalue weighted by Gasteiger charge is 2.26. The maximum absolute atomic E-state index is 13.2. The number of hydrogen-bond donors (Lipinski definition) is 1. The molecule has 1 atom stereocenters. The third-order valence-corrected chi connectivity index (χ3v) is 7.34. The van der Waals surface area contributed by atoms with Gasteiger partial charge in [0.25, 0.3) is 10.0 Å². The lowest BCUT2D eigenvalue weighted by atomic mass is 10.3. The summed E-state index contributed by atoms with van der Waals surface area (Å²) in [5.41, 5.74) is 1.10. The molecule has 1 aliphatic heterocycles. The molecule has 1 heterocycles. The maximum atomic E-state index is 13.2. The van der Waals surface area contributed by atoms with Crippen molar-refractivity contribution in [3.8, 4) is 5.75 Å². The van der Waals surface area contributed by atoms with Gasteiger partial charge in [-0.25, -0.2) is 8.42 Å². The van der Waals surface area contributed by atoms with Crippen molar-refractivity contribution in [3.63, 3.8) is 0 Å². The van der Waals surface area contributed by atoms with E-state index < -0.39 is 10.0 Å². The molecule has 2 aromatic carbocycles. The van der Waals surface area contributed by atoms with Gasteiger partial charge in [-0.15, -0.1) is 11.8 Å². The van der Waals surface area contributed by atoms with Gasteiger partial charge in [0.15, 0.2) is 0 Å². The number of thioether (sulfide) groups is 1. The van der Waals surface area contributed by atoms with Crippen LogP contribution in [-0.4, -0.2) is 33.2 Å². The number of sulfonamides is 1. The Balaban J connectivity index is 1.99. The molecule has 0 radical (unpaired) electrons. The minimum Gasteiger partial charge on any atom is -0.497 e. The standard InChI is InChI=1S/C19H22N2O4S2/c1-4-21(14-5-7-15(25-3)8-6-14)27(23,24)16-9-10-18-17(12-16)20-19(22)11-13(2)26-18/h5-10,12-13H,4,11H2,1-3H3,(H,20,22)/t13-/m1/s1. The molecular weight excluding hydrogens is 384 g/mol. The molecule has 1 amide bonds. The van der Waals surface area contributed by atoms with E-state index in [0.717, 1.165) is 4.90 Å². The van der Waals surface area contributed by atoms with Gasteiger partial charge in [-0.1, -0.05) is 6.92 Å². The fraction of sp³-hybridized carbons (Fsp3) is 0.316. The molecule has 1 N–H and O–H groups in total. The second-order valence-electron chi connectivity index (χ2n) is 6.21. The van der Waals surface area contributed by atoms with Gasteiger partial charge in [0, 0.05) is 23.1 Å². The number of carbonyl (C=O) groups excluding carboxylic acids is 1. The highest BCUT2D eigenvalue weighted by atomic mass is 32.2. The Labute approximate surface area is 164 Å². The van der Waals surface area contributed by atoms with Crippen molar-refractivity contribution in [1.29, 1.82) is 0 Å². The number of nitrogens with one attached hydrogen (secondary N) is 1. The monoisotopic (exact) mass is 406 g/mol. The number of hydrogen-bond acceptors (Lipinski definition) is 5. The summed E-state index contributed by atoms with van der Waals surface area (Å²) in [7, 11) is -2.21. The molecule has 0 bridgehead atoms. The van der Waals surface area contributed by atoms with Crippen LogP contribution in [0.2, 0.25) is 0 Å². The minimum atomic E-state index is -3.77. The highest BCUT2D eigenvalue weighted by Crippen LogP contribution is 2.37. The van der Waals surface area contributed by atoms with Crippen LogP contribution in [0.1, 0.15) is 20.3 Å². The first-order valence-corrected chi connectivity index (χ1v) is 10.9. The zero-order valence-electron chi connectivity index (χ0n) is 15.4. The van der Waals surface area contributed by atoms with Gasteiger partial charge >= 0.3 is 0 Å². The number of anilines is 2. The summed E-state index contributed by atoms with van der Waals surface area (Å²) in [6, 6.07) is 11.8. The number of nitrogens with zero attached hydrogens (tertiary/aromatic N) is 1. The third-order valence-electron chi connectivity index (χ3n) is 4.26. The Hall–Kier alpha value is -2.19. The molecule has 0 saturated heterocycles. The Bertz CT molecular complexity index is 943. The third kappa shape index (κ3) is 4.06. The van der Waals surface area contributed by atoms with Crippen LogP contribution in [0.5, 0.6) is 5.75 Å². The van der Waals surface area contributed by atoms with Crippen LogP contribution in [0.25, 0.3) is 0 Å². The lowest BCUT2D eigenvalue weighted by Gasteiger charge is -2.23. The molecule has 27 heavy (non-hydrogen) atoms. The van der Waals surface area contributed by atoms with Gasteiger partial charge in [0.1, 0.15) is 5.75 Å². The predicted octanol–water partition coefficient (Wildman–Crippen LogP) is 3.73. The van der Waals surface area contributed by atoms with E-state index in [1.54, 1.807) is 68.3 Å². The SMILES string of the molecule is CCN(c1ccc(OC)cc1)S(=O)(=O)c1ccc2c(c1)NC(=O)C[C@@H](C)S2. The zero-order valence-corrected chi connectivity index (χ0v) is 17.1. The van der Waals surface area contributed by atoms with Crippen molar-refractivity contribution in [2.24, 2.45) is 0 Å². The molecule has 8 heteroatoms. The summed E-state index contributed by atoms with van der Waals surface area (Å²) < 4.78 is 32.9. The van der Waals surface area contributed by atoms with Crippen molar-refractivity contribution < 1.29 is 17.9 Å². The van der Waals surface area contributed by atoms with Gasteiger partial charge in [-0.05, 0) is 49.4 Å². The summed E-state index contributed by atoms with van der Waals surface area (Å²) >= 11 is 1.56. The molecule has 0 fully saturated rings. The molecule has 6 nitrogen and oxygen atoms in total. The largest absolute Gasteiger partial charge is 0.497 e. The van der Waals surface area contributed by atoms with Crippen molar-refractivity contribution in [2.75, 3.05) is 23.3 Å². The summed E-state index contributed by atoms with van der Waals surface area (Å²) in [6.07, 6.45) is 0.397. The van der Waals surface area contributed by atoms with Gasteiger partial charge < -0.3 is 10.1 Å². The van der Waals surface area contributed by atoms with Crippen molar-refractivity contribution >= 4 is 39.1 Å². The topological polar surface area (TPSA) is 75.7 Å². The van der Waals surface area contributed by atoms with E-state index in [-0.39, 0.29) is 22.6 Å². The molecule has 0 spiro atoms. The van der Waals surface area contributed by atoms with Crippen molar-refractivity contribution in [2.45, 2.75) is 35.3 Å². The summed E-state index contributed by atoms with van der Waals surface area (Å²) in [5.74, 6) is 0.553. The first-order valence-electron chi connectivity index (χ1n) is 8.62. The Morgan fingerprint density at radius 1 is 1.22 bits per heavy atom. The van der Waals surface area contributed by atoms with Gasteiger partial charge in [-0.3, -0.25) is 9.10 Å². The Kier molecular flexibility index (Phi) is 5.67. The first kappa shape index (κ1) is 19.6. The Morgan fingerprint density at radius 2 is 1.93 bits per heavy atom. The number of amides is 1. The molecular formula is C19H22N2O4S2. The average Bonchev–Trinajstić information content (AvgIpc) is 2.78. The molecule has 0 aliphatic carbocycles. The van der Waals surface area contributed by atoms with E-state index in [0.29, 0.717) is 23.5 Å². The van der Waals surface area contributed by atoms with Crippen molar-refractivity contribution in [3.05, 3.63) is 42.5 Å². The number of rotatable bonds is 5. The summed E-state index contributed by atoms with van der Waals surface area (Å²) in [5, 5.41) is 2.96. The summed E-state index contributed by atoms with van der Waals surface area (Å²) in [4.78, 5) is 13.0. The number of carbonyl (C=O) groups is 1. The molecule has 2 aromatic rings. The van der Waals surface area contributed by atoms with E-state index in [9.17, 15) is 13.2 Å². The Morgan fingerprint density at radius 3 is 2.56 bits per heavy atom. The van der Waals surface area contributed by atoms with E-state index in [1.165, 1.54) is 4.31 Å². The zero-order chi connectivity index (χ0) is 19.6. The predicted molar refractivity (Wildman–Crippen MR) is 108 cm³/mol. The van der Waals surface area contributed by atoms with E-state index in [1.807, 2.05) is 6.92 Å². The number of ether oxygens (including phenoxy) is 1. The van der Waals surface area contributed by atoms with Crippen LogP contribution in [-0.2, 0) is 14.8 Å². The van der Waals surface area contributed by atoms with E-state index >= 15 is 0 Å². The second kappa shape index (κ2) is 7.82. The highest BCUT2D eigenvalue weighted by molar-refractivity contribution is 8.00. The maximum Gasteiger partial charge on any atom is 0.264 e. The van der Waals surface area contributed by atoms with Crippen LogP contribution >= 0.6 is 11.8 Å². The van der Waals surface area contributed by atoms with Crippen molar-refractivity contribution in [1.82, 2.24) is 0 Å². The van der Waals surface area contributed by atoms with Crippen LogP contribution < -0.4 is 14.4 Å². The normalized spacial score (nSPS) is 16.9. The van der Waals surface area contributed by atoms with Crippen LogP contribution in [0, 0.1) is 0 Å². The van der Waals surface area contributed by atoms with Gasteiger partial charge in [0.2, 0.25) is 5.91 Å². The van der Waals surface area contributed by atoms with Crippen LogP contribution in [0.15, 0.2) is 52.3 Å². The van der Waals surface area contributed by atoms with Gasteiger partial charge in [-0.2, -0.15) is 0 Å². The quantitative estimate of drug-likeness (QED) is 0.819. The number of benzene rings is 2. The first-order chi connectivity index (χ1) is 12.8. The van der Waals surface area contributed by atoms with Crippen LogP contribution in [0.4, 0.5) is 11.4 Å². The summed E-state index contributed by atoms with van der Waals surface area (Å²) in [6.45, 7) is 4.04. The lowest BCUT2D eigenvalue weighted by Crippen LogP contribution is -2.30. The van der Waals surface area contributed by atoms with E-state index in [2.05, 4.69) is 5.32 Å². The minimum absolute atomic E-state index is 0.106. The molecule has 0 aromatic heterocycles. The smallest absolute Gasteiger partial charge is 0.264 e. The molecule has 0 unspecified atom stereocenters. The molecule has 1 aliphatic rings. The van der Waals surface area contributed by atoms with Gasteiger partial charge in [0.05, 0.1) is 23.4 Å². The molecule has 0 saturated carbocycles. The lowest BCUT2D eigenvalue weighted by molar-refractivity contribution is -0.116. The number of methoxy groups -OCH3 is 1. The fourth-order valence-electron chi connectivity index (χ4n) is 2.96.